The average Bonchev–Trinajstić information content (AvgIpc) is 2.52. The second-order valence-electron chi connectivity index (χ2n) is 7.62. The van der Waals surface area contributed by atoms with Gasteiger partial charge in [0, 0.05) is 49.9 Å². The van der Waals surface area contributed by atoms with Gasteiger partial charge in [0.2, 0.25) is 0 Å². The fourth-order valence-electron chi connectivity index (χ4n) is 3.34. The summed E-state index contributed by atoms with van der Waals surface area (Å²) in [7, 11) is 4.33. The SMILES string of the molecule is C[C@@H]1CN(C)[C@H](C)C/C1=N/OCCO/N=C1/C[C@H](C)N(C)C[C@@H]1C. The van der Waals surface area contributed by atoms with Crippen LogP contribution in [0.15, 0.2) is 10.3 Å². The van der Waals surface area contributed by atoms with Crippen LogP contribution in [0, 0.1) is 11.8 Å². The first-order valence-corrected chi connectivity index (χ1v) is 9.16. The molecule has 2 rings (SSSR count). The molecule has 2 aliphatic rings. The Kier molecular flexibility index (Phi) is 7.04. The molecule has 2 saturated heterocycles. The first-order valence-electron chi connectivity index (χ1n) is 9.16. The molecule has 138 valence electrons. The maximum Gasteiger partial charge on any atom is 0.153 e. The van der Waals surface area contributed by atoms with E-state index in [9.17, 15) is 0 Å². The van der Waals surface area contributed by atoms with Gasteiger partial charge >= 0.3 is 0 Å². The van der Waals surface area contributed by atoms with Crippen molar-refractivity contribution < 1.29 is 9.68 Å². The molecule has 0 N–H and O–H groups in total. The molecule has 0 bridgehead atoms. The van der Waals surface area contributed by atoms with E-state index in [4.69, 9.17) is 9.68 Å². The van der Waals surface area contributed by atoms with Crippen molar-refractivity contribution in [1.29, 1.82) is 0 Å². The zero-order valence-electron chi connectivity index (χ0n) is 16.2. The third-order valence-electron chi connectivity index (χ3n) is 5.40. The molecule has 2 heterocycles. The van der Waals surface area contributed by atoms with Gasteiger partial charge in [0.05, 0.1) is 11.4 Å². The summed E-state index contributed by atoms with van der Waals surface area (Å²) < 4.78 is 0. The van der Waals surface area contributed by atoms with Crippen molar-refractivity contribution in [3.8, 4) is 0 Å². The smallest absolute Gasteiger partial charge is 0.153 e. The second kappa shape index (κ2) is 8.81. The molecule has 0 unspecified atom stereocenters. The summed E-state index contributed by atoms with van der Waals surface area (Å²) >= 11 is 0. The molecule has 0 radical (unpaired) electrons. The van der Waals surface area contributed by atoms with Crippen LogP contribution >= 0.6 is 0 Å². The van der Waals surface area contributed by atoms with E-state index in [1.807, 2.05) is 0 Å². The van der Waals surface area contributed by atoms with Gasteiger partial charge in [-0.1, -0.05) is 24.2 Å². The van der Waals surface area contributed by atoms with Crippen LogP contribution in [0.2, 0.25) is 0 Å². The van der Waals surface area contributed by atoms with Crippen molar-refractivity contribution >= 4 is 11.4 Å². The van der Waals surface area contributed by atoms with E-state index < -0.39 is 0 Å². The quantitative estimate of drug-likeness (QED) is 0.571. The average molecular weight is 338 g/mol. The van der Waals surface area contributed by atoms with E-state index >= 15 is 0 Å². The topological polar surface area (TPSA) is 49.7 Å². The van der Waals surface area contributed by atoms with Crippen LogP contribution in [-0.4, -0.2) is 73.7 Å². The molecule has 0 aliphatic carbocycles. The highest BCUT2D eigenvalue weighted by Crippen LogP contribution is 2.19. The van der Waals surface area contributed by atoms with Crippen molar-refractivity contribution in [3.63, 3.8) is 0 Å². The fourth-order valence-corrected chi connectivity index (χ4v) is 3.34. The number of hydrogen-bond acceptors (Lipinski definition) is 6. The van der Waals surface area contributed by atoms with E-state index in [-0.39, 0.29) is 0 Å². The maximum absolute atomic E-state index is 5.45. The van der Waals surface area contributed by atoms with Crippen molar-refractivity contribution in [3.05, 3.63) is 0 Å². The van der Waals surface area contributed by atoms with Gasteiger partial charge < -0.3 is 19.5 Å². The minimum atomic E-state index is 0.445. The summed E-state index contributed by atoms with van der Waals surface area (Å²) in [6.07, 6.45) is 1.95. The molecule has 4 atom stereocenters. The standard InChI is InChI=1S/C18H34N4O2/c1-13-11-21(5)15(3)9-17(13)19-23-7-8-24-20-18-10-16(4)22(6)12-14(18)2/h13-16H,7-12H2,1-6H3/b19-17-,20-18-/t13-,14+,15-,16+. The Labute approximate surface area is 146 Å². The molecule has 2 fully saturated rings. The van der Waals surface area contributed by atoms with Gasteiger partial charge in [-0.15, -0.1) is 0 Å². The zero-order valence-corrected chi connectivity index (χ0v) is 16.2. The lowest BCUT2D eigenvalue weighted by atomic mass is 9.93. The van der Waals surface area contributed by atoms with Gasteiger partial charge in [-0.25, -0.2) is 0 Å². The molecule has 0 spiro atoms. The summed E-state index contributed by atoms with van der Waals surface area (Å²) in [6, 6.07) is 1.05. The number of likely N-dealkylation sites (tertiary alicyclic amines) is 2. The Morgan fingerprint density at radius 1 is 0.792 bits per heavy atom. The van der Waals surface area contributed by atoms with E-state index in [2.05, 4.69) is 61.9 Å². The number of nitrogens with zero attached hydrogens (tertiary/aromatic N) is 4. The first kappa shape index (κ1) is 19.2. The molecular formula is C18H34N4O2. The van der Waals surface area contributed by atoms with E-state index in [0.717, 1.165) is 37.4 Å². The largest absolute Gasteiger partial charge is 0.392 e. The molecule has 2 aliphatic heterocycles. The van der Waals surface area contributed by atoms with Crippen LogP contribution in [0.4, 0.5) is 0 Å². The Morgan fingerprint density at radius 3 is 1.54 bits per heavy atom. The lowest BCUT2D eigenvalue weighted by Crippen LogP contribution is -2.43. The van der Waals surface area contributed by atoms with E-state index in [1.165, 1.54) is 0 Å². The molecule has 0 aromatic rings. The summed E-state index contributed by atoms with van der Waals surface area (Å²) in [5.74, 6) is 0.905. The molecule has 0 saturated carbocycles. The Balaban J connectivity index is 1.69. The lowest BCUT2D eigenvalue weighted by Gasteiger charge is -2.34. The predicted molar refractivity (Wildman–Crippen MR) is 98.5 cm³/mol. The summed E-state index contributed by atoms with van der Waals surface area (Å²) in [6.45, 7) is 11.8. The first-order chi connectivity index (χ1) is 11.4. The molecule has 0 amide bonds. The van der Waals surface area contributed by atoms with Crippen LogP contribution in [-0.2, 0) is 9.68 Å². The Bertz CT molecular complexity index is 424. The third-order valence-corrected chi connectivity index (χ3v) is 5.40. The van der Waals surface area contributed by atoms with Crippen LogP contribution in [0.25, 0.3) is 0 Å². The number of rotatable bonds is 5. The van der Waals surface area contributed by atoms with Crippen LogP contribution in [0.1, 0.15) is 40.5 Å². The second-order valence-corrected chi connectivity index (χ2v) is 7.62. The molecule has 24 heavy (non-hydrogen) atoms. The molecular weight excluding hydrogens is 304 g/mol. The number of hydrogen-bond donors (Lipinski definition) is 0. The molecule has 6 nitrogen and oxygen atoms in total. The van der Waals surface area contributed by atoms with Gasteiger partial charge in [-0.05, 0) is 27.9 Å². The number of piperidine rings is 2. The summed E-state index contributed by atoms with van der Waals surface area (Å²) in [5.41, 5.74) is 2.31. The molecule has 6 heteroatoms. The van der Waals surface area contributed by atoms with E-state index in [1.54, 1.807) is 0 Å². The summed E-state index contributed by atoms with van der Waals surface area (Å²) in [5, 5.41) is 8.65. The highest BCUT2D eigenvalue weighted by molar-refractivity contribution is 5.87. The van der Waals surface area contributed by atoms with Crippen molar-refractivity contribution in [1.82, 2.24) is 9.80 Å². The minimum absolute atomic E-state index is 0.445. The van der Waals surface area contributed by atoms with Crippen LogP contribution in [0.5, 0.6) is 0 Å². The van der Waals surface area contributed by atoms with Crippen molar-refractivity contribution in [2.24, 2.45) is 22.1 Å². The number of oxime groups is 2. The molecule has 0 aromatic heterocycles. The van der Waals surface area contributed by atoms with Crippen LogP contribution in [0.3, 0.4) is 0 Å². The van der Waals surface area contributed by atoms with Crippen molar-refractivity contribution in [2.45, 2.75) is 52.6 Å². The highest BCUT2D eigenvalue weighted by atomic mass is 16.7. The Morgan fingerprint density at radius 2 is 1.17 bits per heavy atom. The maximum atomic E-state index is 5.45. The Hall–Kier alpha value is -1.14. The fraction of sp³-hybridized carbons (Fsp3) is 0.889. The van der Waals surface area contributed by atoms with Gasteiger partial charge in [-0.3, -0.25) is 0 Å². The van der Waals surface area contributed by atoms with Crippen LogP contribution < -0.4 is 0 Å². The lowest BCUT2D eigenvalue weighted by molar-refractivity contribution is 0.0502. The monoisotopic (exact) mass is 338 g/mol. The molecule has 0 aromatic carbocycles. The normalized spacial score (nSPS) is 36.2. The van der Waals surface area contributed by atoms with Crippen molar-refractivity contribution in [2.75, 3.05) is 40.4 Å². The van der Waals surface area contributed by atoms with Gasteiger partial charge in [0.15, 0.2) is 13.2 Å². The summed E-state index contributed by atoms with van der Waals surface area (Å²) in [4.78, 5) is 15.6. The highest BCUT2D eigenvalue weighted by Gasteiger charge is 2.26. The predicted octanol–water partition coefficient (Wildman–Crippen LogP) is 2.45. The van der Waals surface area contributed by atoms with Gasteiger partial charge in [0.1, 0.15) is 0 Å². The van der Waals surface area contributed by atoms with E-state index in [0.29, 0.717) is 37.1 Å². The third kappa shape index (κ3) is 5.18. The van der Waals surface area contributed by atoms with Gasteiger partial charge in [-0.2, -0.15) is 0 Å². The zero-order chi connectivity index (χ0) is 17.7. The van der Waals surface area contributed by atoms with Gasteiger partial charge in [0.25, 0.3) is 0 Å². The minimum Gasteiger partial charge on any atom is -0.392 e.